The second-order valence-corrected chi connectivity index (χ2v) is 6.57. The minimum Gasteiger partial charge on any atom is -0.488 e. The Kier molecular flexibility index (Phi) is 5.81. The molecule has 3 rings (SSSR count). The summed E-state index contributed by atoms with van der Waals surface area (Å²) < 4.78 is 13.5. The van der Waals surface area contributed by atoms with Gasteiger partial charge in [0.05, 0.1) is 16.3 Å². The Morgan fingerprint density at radius 1 is 1.19 bits per heavy atom. The second kappa shape index (κ2) is 8.27. The van der Waals surface area contributed by atoms with Gasteiger partial charge >= 0.3 is 0 Å². The van der Waals surface area contributed by atoms with Crippen molar-refractivity contribution in [1.29, 1.82) is 0 Å². The van der Waals surface area contributed by atoms with Crippen molar-refractivity contribution in [1.82, 2.24) is 9.78 Å². The number of hydrogen-bond acceptors (Lipinski definition) is 4. The maximum absolute atomic E-state index is 11.4. The Bertz CT molecular complexity index is 952. The number of halogens is 1. The van der Waals surface area contributed by atoms with Crippen LogP contribution in [0, 0.1) is 6.92 Å². The molecule has 1 aromatic heterocycles. The third-order valence-electron chi connectivity index (χ3n) is 4.27. The van der Waals surface area contributed by atoms with Crippen LogP contribution in [0.5, 0.6) is 17.4 Å². The molecule has 6 heteroatoms. The lowest BCUT2D eigenvalue weighted by Crippen LogP contribution is -2.01. The molecule has 5 nitrogen and oxygen atoms in total. The van der Waals surface area contributed by atoms with Gasteiger partial charge in [-0.3, -0.25) is 4.79 Å². The monoisotopic (exact) mass is 384 g/mol. The van der Waals surface area contributed by atoms with Crippen LogP contribution in [0.15, 0.2) is 42.5 Å². The normalized spacial score (nSPS) is 10.7. The number of rotatable bonds is 7. The van der Waals surface area contributed by atoms with Crippen molar-refractivity contribution < 1.29 is 14.3 Å². The Hall–Kier alpha value is -2.79. The van der Waals surface area contributed by atoms with Gasteiger partial charge in [0.15, 0.2) is 12.0 Å². The fraction of sp³-hybridized carbons (Fsp3) is 0.238. The smallest absolute Gasteiger partial charge is 0.228 e. The molecule has 0 unspecified atom stereocenters. The first-order chi connectivity index (χ1) is 13.0. The first-order valence-corrected chi connectivity index (χ1v) is 9.07. The molecular weight excluding hydrogens is 364 g/mol. The second-order valence-electron chi connectivity index (χ2n) is 6.17. The van der Waals surface area contributed by atoms with Gasteiger partial charge in [-0.05, 0) is 30.5 Å². The maximum Gasteiger partial charge on any atom is 0.228 e. The van der Waals surface area contributed by atoms with E-state index in [1.165, 1.54) is 4.68 Å². The van der Waals surface area contributed by atoms with E-state index in [2.05, 4.69) is 5.10 Å². The van der Waals surface area contributed by atoms with Crippen LogP contribution in [0.2, 0.25) is 5.02 Å². The van der Waals surface area contributed by atoms with E-state index >= 15 is 0 Å². The molecule has 0 aliphatic rings. The first-order valence-electron chi connectivity index (χ1n) is 8.69. The van der Waals surface area contributed by atoms with Gasteiger partial charge in [0.25, 0.3) is 0 Å². The molecule has 2 aromatic carbocycles. The number of benzene rings is 2. The topological polar surface area (TPSA) is 53.3 Å². The summed E-state index contributed by atoms with van der Waals surface area (Å²) in [7, 11) is 1.72. The van der Waals surface area contributed by atoms with Gasteiger partial charge in [-0.2, -0.15) is 5.10 Å². The minimum atomic E-state index is 0.350. The Morgan fingerprint density at radius 3 is 2.59 bits per heavy atom. The van der Waals surface area contributed by atoms with Gasteiger partial charge in [0.1, 0.15) is 12.4 Å². The number of nitrogens with zero attached hydrogens (tertiary/aromatic N) is 2. The van der Waals surface area contributed by atoms with Gasteiger partial charge in [0.2, 0.25) is 5.88 Å². The fourth-order valence-electron chi connectivity index (χ4n) is 2.81. The molecule has 0 spiro atoms. The number of aldehydes is 1. The van der Waals surface area contributed by atoms with Crippen molar-refractivity contribution in [2.45, 2.75) is 26.9 Å². The van der Waals surface area contributed by atoms with Crippen LogP contribution in [0.25, 0.3) is 0 Å². The van der Waals surface area contributed by atoms with E-state index in [4.69, 9.17) is 21.1 Å². The number of ether oxygens (including phenoxy) is 2. The first kappa shape index (κ1) is 19.0. The summed E-state index contributed by atoms with van der Waals surface area (Å²) in [5, 5.41) is 4.68. The Morgan fingerprint density at radius 2 is 1.93 bits per heavy atom. The van der Waals surface area contributed by atoms with E-state index in [1.807, 2.05) is 43.3 Å². The van der Waals surface area contributed by atoms with E-state index in [0.29, 0.717) is 40.3 Å². The summed E-state index contributed by atoms with van der Waals surface area (Å²) in [6, 6.07) is 13.5. The van der Waals surface area contributed by atoms with Crippen LogP contribution in [0.1, 0.15) is 34.1 Å². The third-order valence-corrected chi connectivity index (χ3v) is 4.57. The van der Waals surface area contributed by atoms with Crippen molar-refractivity contribution in [3.05, 3.63) is 69.9 Å². The average molecular weight is 385 g/mol. The van der Waals surface area contributed by atoms with Gasteiger partial charge in [-0.25, -0.2) is 4.68 Å². The number of carbonyl (C=O) groups is 1. The van der Waals surface area contributed by atoms with Crippen molar-refractivity contribution in [3.63, 3.8) is 0 Å². The van der Waals surface area contributed by atoms with E-state index in [0.717, 1.165) is 23.8 Å². The zero-order valence-electron chi connectivity index (χ0n) is 15.5. The zero-order chi connectivity index (χ0) is 19.4. The molecule has 0 saturated heterocycles. The van der Waals surface area contributed by atoms with Crippen molar-refractivity contribution in [2.24, 2.45) is 7.05 Å². The molecule has 0 saturated carbocycles. The molecule has 0 fully saturated rings. The molecule has 0 N–H and O–H groups in total. The Labute approximate surface area is 163 Å². The minimum absolute atomic E-state index is 0.350. The van der Waals surface area contributed by atoms with Gasteiger partial charge < -0.3 is 9.47 Å². The highest BCUT2D eigenvalue weighted by atomic mass is 35.5. The number of carbonyl (C=O) groups excluding carboxylic acids is 1. The van der Waals surface area contributed by atoms with E-state index < -0.39 is 0 Å². The predicted octanol–water partition coefficient (Wildman–Crippen LogP) is 5.13. The van der Waals surface area contributed by atoms with Crippen LogP contribution in [0.4, 0.5) is 0 Å². The van der Waals surface area contributed by atoms with Crippen LogP contribution in [0.3, 0.4) is 0 Å². The van der Waals surface area contributed by atoms with E-state index in [9.17, 15) is 4.79 Å². The molecule has 27 heavy (non-hydrogen) atoms. The lowest BCUT2D eigenvalue weighted by Gasteiger charge is -2.15. The molecule has 3 aromatic rings. The summed E-state index contributed by atoms with van der Waals surface area (Å²) >= 11 is 6.40. The predicted molar refractivity (Wildman–Crippen MR) is 105 cm³/mol. The van der Waals surface area contributed by atoms with Gasteiger partial charge in [0, 0.05) is 13.1 Å². The van der Waals surface area contributed by atoms with Crippen LogP contribution < -0.4 is 9.47 Å². The number of aryl methyl sites for hydroxylation is 3. The van der Waals surface area contributed by atoms with Crippen LogP contribution in [-0.4, -0.2) is 16.1 Å². The zero-order valence-corrected chi connectivity index (χ0v) is 16.3. The molecule has 140 valence electrons. The molecule has 0 radical (unpaired) electrons. The lowest BCUT2D eigenvalue weighted by molar-refractivity contribution is 0.112. The highest BCUT2D eigenvalue weighted by molar-refractivity contribution is 6.32. The average Bonchev–Trinajstić information content (AvgIpc) is 2.95. The standard InChI is InChI=1S/C21H21ClN2O3/c1-4-16-10-18(22)20(27-21-17(12-25)14(2)23-24(21)3)11-19(16)26-13-15-8-6-5-7-9-15/h5-12H,4,13H2,1-3H3. The van der Waals surface area contributed by atoms with Gasteiger partial charge in [-0.15, -0.1) is 0 Å². The molecule has 1 heterocycles. The maximum atomic E-state index is 11.4. The fourth-order valence-corrected chi connectivity index (χ4v) is 3.04. The SMILES string of the molecule is CCc1cc(Cl)c(Oc2c(C=O)c(C)nn2C)cc1OCc1ccccc1. The summed E-state index contributed by atoms with van der Waals surface area (Å²) in [4.78, 5) is 11.4. The highest BCUT2D eigenvalue weighted by Crippen LogP contribution is 2.37. The summed E-state index contributed by atoms with van der Waals surface area (Å²) in [6.07, 6.45) is 1.51. The van der Waals surface area contributed by atoms with Crippen molar-refractivity contribution in [3.8, 4) is 17.4 Å². The number of aromatic nitrogens is 2. The highest BCUT2D eigenvalue weighted by Gasteiger charge is 2.18. The quantitative estimate of drug-likeness (QED) is 0.530. The van der Waals surface area contributed by atoms with Gasteiger partial charge in [-0.1, -0.05) is 48.9 Å². The number of hydrogen-bond donors (Lipinski definition) is 0. The van der Waals surface area contributed by atoms with Crippen LogP contribution in [-0.2, 0) is 20.1 Å². The molecule has 0 aliphatic carbocycles. The summed E-state index contributed by atoms with van der Waals surface area (Å²) in [6.45, 7) is 4.24. The van der Waals surface area contributed by atoms with Crippen molar-refractivity contribution in [2.75, 3.05) is 0 Å². The molecule has 0 atom stereocenters. The summed E-state index contributed by atoms with van der Waals surface area (Å²) in [5.74, 6) is 1.47. The molecular formula is C21H21ClN2O3. The molecule has 0 bridgehead atoms. The lowest BCUT2D eigenvalue weighted by atomic mass is 10.1. The molecule has 0 aliphatic heterocycles. The summed E-state index contributed by atoms with van der Waals surface area (Å²) in [5.41, 5.74) is 3.06. The molecule has 0 amide bonds. The van der Waals surface area contributed by atoms with E-state index in [1.54, 1.807) is 20.0 Å². The largest absolute Gasteiger partial charge is 0.488 e. The Balaban J connectivity index is 1.91. The van der Waals surface area contributed by atoms with E-state index in [-0.39, 0.29) is 0 Å². The van der Waals surface area contributed by atoms with Crippen LogP contribution >= 0.6 is 11.6 Å². The third kappa shape index (κ3) is 4.14. The van der Waals surface area contributed by atoms with Crippen molar-refractivity contribution >= 4 is 17.9 Å².